The lowest BCUT2D eigenvalue weighted by Crippen LogP contribution is -2.39. The van der Waals surface area contributed by atoms with Crippen LogP contribution in [0.1, 0.15) is 12.0 Å². The number of aliphatic carboxylic acids is 1. The number of β-amino-alcohol motifs (C(OH)–C–C–N with tert-alkyl or cyclic N) is 1. The molecule has 1 aromatic carbocycles. The number of hydrogen-bond donors (Lipinski definition) is 2. The second kappa shape index (κ2) is 6.19. The molecular weight excluding hydrogens is 326 g/mol. The van der Waals surface area contributed by atoms with Crippen molar-refractivity contribution in [3.63, 3.8) is 0 Å². The highest BCUT2D eigenvalue weighted by Gasteiger charge is 2.37. The summed E-state index contributed by atoms with van der Waals surface area (Å²) in [5.74, 6) is -1.50. The van der Waals surface area contributed by atoms with E-state index in [1.165, 1.54) is 11.0 Å². The van der Waals surface area contributed by atoms with Gasteiger partial charge in [-0.3, -0.25) is 4.79 Å². The van der Waals surface area contributed by atoms with Crippen molar-refractivity contribution in [2.45, 2.75) is 18.6 Å². The van der Waals surface area contributed by atoms with Crippen molar-refractivity contribution in [3.05, 3.63) is 40.4 Å². The molecule has 6 heteroatoms. The number of halogens is 1. The lowest BCUT2D eigenvalue weighted by atomic mass is 10.2. The first-order chi connectivity index (χ1) is 9.47. The third kappa shape index (κ3) is 3.46. The quantitative estimate of drug-likeness (QED) is 0.818. The van der Waals surface area contributed by atoms with Crippen LogP contribution < -0.4 is 0 Å². The summed E-state index contributed by atoms with van der Waals surface area (Å²) in [6.45, 7) is 0.0542. The average molecular weight is 340 g/mol. The first kappa shape index (κ1) is 14.7. The molecule has 0 radical (unpaired) electrons. The zero-order valence-electron chi connectivity index (χ0n) is 10.6. The predicted molar refractivity (Wildman–Crippen MR) is 76.9 cm³/mol. The number of likely N-dealkylation sites (tertiary alicyclic amines) is 1. The lowest BCUT2D eigenvalue weighted by Gasteiger charge is -2.19. The molecule has 20 heavy (non-hydrogen) atoms. The van der Waals surface area contributed by atoms with Gasteiger partial charge in [0.1, 0.15) is 6.04 Å². The van der Waals surface area contributed by atoms with Crippen molar-refractivity contribution in [2.24, 2.45) is 0 Å². The van der Waals surface area contributed by atoms with Crippen molar-refractivity contribution in [1.82, 2.24) is 4.90 Å². The number of aliphatic hydroxyl groups excluding tert-OH is 1. The Balaban J connectivity index is 2.09. The normalized spacial score (nSPS) is 22.4. The van der Waals surface area contributed by atoms with Crippen molar-refractivity contribution < 1.29 is 19.8 Å². The van der Waals surface area contributed by atoms with Crippen molar-refractivity contribution in [2.75, 3.05) is 6.54 Å². The predicted octanol–water partition coefficient (Wildman–Crippen LogP) is 1.51. The standard InChI is InChI=1S/C14H14BrNO4/c15-10-3-1-2-9(6-10)4-5-13(18)16-8-11(17)7-12(16)14(19)20/h1-6,11-12,17H,7-8H2,(H,19,20)/t11-,12+/m1/s1. The summed E-state index contributed by atoms with van der Waals surface area (Å²) in [4.78, 5) is 24.2. The van der Waals surface area contributed by atoms with Crippen LogP contribution in [0.5, 0.6) is 0 Å². The number of carbonyl (C=O) groups is 2. The highest BCUT2D eigenvalue weighted by Crippen LogP contribution is 2.19. The van der Waals surface area contributed by atoms with E-state index >= 15 is 0 Å². The Morgan fingerprint density at radius 1 is 1.40 bits per heavy atom. The molecule has 5 nitrogen and oxygen atoms in total. The lowest BCUT2D eigenvalue weighted by molar-refractivity contribution is -0.146. The molecule has 2 N–H and O–H groups in total. The number of amides is 1. The molecule has 1 aliphatic rings. The fourth-order valence-electron chi connectivity index (χ4n) is 2.16. The molecule has 0 saturated carbocycles. The van der Waals surface area contributed by atoms with Crippen molar-refractivity contribution >= 4 is 33.9 Å². The van der Waals surface area contributed by atoms with E-state index in [0.717, 1.165) is 10.0 Å². The molecule has 1 fully saturated rings. The third-order valence-electron chi connectivity index (χ3n) is 3.11. The Hall–Kier alpha value is -1.66. The summed E-state index contributed by atoms with van der Waals surface area (Å²) in [5.41, 5.74) is 0.833. The zero-order chi connectivity index (χ0) is 14.7. The van der Waals surface area contributed by atoms with Crippen LogP contribution in [-0.4, -0.2) is 45.7 Å². The van der Waals surface area contributed by atoms with Gasteiger partial charge in [0.15, 0.2) is 0 Å². The van der Waals surface area contributed by atoms with E-state index in [0.29, 0.717) is 0 Å². The molecule has 0 unspecified atom stereocenters. The molecule has 2 atom stereocenters. The molecule has 106 valence electrons. The van der Waals surface area contributed by atoms with E-state index in [2.05, 4.69) is 15.9 Å². The fraction of sp³-hybridized carbons (Fsp3) is 0.286. The molecule has 1 amide bonds. The maximum absolute atomic E-state index is 12.0. The van der Waals surface area contributed by atoms with Crippen LogP contribution in [0.3, 0.4) is 0 Å². The van der Waals surface area contributed by atoms with Gasteiger partial charge in [0.25, 0.3) is 0 Å². The van der Waals surface area contributed by atoms with Gasteiger partial charge in [-0.2, -0.15) is 0 Å². The third-order valence-corrected chi connectivity index (χ3v) is 3.61. The van der Waals surface area contributed by atoms with Crippen molar-refractivity contribution in [3.8, 4) is 0 Å². The Morgan fingerprint density at radius 2 is 2.15 bits per heavy atom. The summed E-state index contributed by atoms with van der Waals surface area (Å²) in [5, 5.41) is 18.5. The van der Waals surface area contributed by atoms with Gasteiger partial charge in [-0.25, -0.2) is 4.79 Å². The number of carbonyl (C=O) groups excluding carboxylic acids is 1. The van der Waals surface area contributed by atoms with E-state index in [1.54, 1.807) is 6.08 Å². The van der Waals surface area contributed by atoms with Gasteiger partial charge in [-0.1, -0.05) is 28.1 Å². The number of aliphatic hydroxyl groups is 1. The molecule has 1 aromatic rings. The average Bonchev–Trinajstić information content (AvgIpc) is 2.78. The van der Waals surface area contributed by atoms with Crippen LogP contribution in [0, 0.1) is 0 Å². The molecule has 0 spiro atoms. The monoisotopic (exact) mass is 339 g/mol. The van der Waals surface area contributed by atoms with Crippen molar-refractivity contribution in [1.29, 1.82) is 0 Å². The second-order valence-electron chi connectivity index (χ2n) is 4.62. The number of rotatable bonds is 3. The first-order valence-electron chi connectivity index (χ1n) is 6.12. The Morgan fingerprint density at radius 3 is 2.80 bits per heavy atom. The number of nitrogens with zero attached hydrogens (tertiary/aromatic N) is 1. The molecule has 0 aliphatic carbocycles. The van der Waals surface area contributed by atoms with Gasteiger partial charge in [0, 0.05) is 23.5 Å². The molecule has 0 aromatic heterocycles. The number of hydrogen-bond acceptors (Lipinski definition) is 3. The zero-order valence-corrected chi connectivity index (χ0v) is 12.2. The minimum atomic E-state index is -1.09. The topological polar surface area (TPSA) is 77.8 Å². The maximum Gasteiger partial charge on any atom is 0.326 e. The van der Waals surface area contributed by atoms with Gasteiger partial charge in [0.05, 0.1) is 6.10 Å². The molecule has 1 aliphatic heterocycles. The Kier molecular flexibility index (Phi) is 4.57. The summed E-state index contributed by atoms with van der Waals surface area (Å²) >= 11 is 3.33. The molecular formula is C14H14BrNO4. The maximum atomic E-state index is 12.0. The summed E-state index contributed by atoms with van der Waals surface area (Å²) < 4.78 is 0.895. The van der Waals surface area contributed by atoms with E-state index in [9.17, 15) is 14.7 Å². The molecule has 2 rings (SSSR count). The molecule has 1 saturated heterocycles. The SMILES string of the molecule is O=C(O)[C@@H]1C[C@@H](O)CN1C(=O)C=Cc1cccc(Br)c1. The van der Waals surface area contributed by atoms with Crippen LogP contribution in [0.4, 0.5) is 0 Å². The van der Waals surface area contributed by atoms with Gasteiger partial charge in [-0.05, 0) is 23.8 Å². The van der Waals surface area contributed by atoms with Gasteiger partial charge in [0.2, 0.25) is 5.91 Å². The Bertz CT molecular complexity index is 558. The number of carboxylic acid groups (broad SMARTS) is 1. The van der Waals surface area contributed by atoms with Crippen LogP contribution in [-0.2, 0) is 9.59 Å². The van der Waals surface area contributed by atoms with Gasteiger partial charge < -0.3 is 15.1 Å². The first-order valence-corrected chi connectivity index (χ1v) is 6.92. The van der Waals surface area contributed by atoms with E-state index < -0.39 is 24.0 Å². The summed E-state index contributed by atoms with van der Waals surface area (Å²) in [7, 11) is 0. The largest absolute Gasteiger partial charge is 0.480 e. The minimum absolute atomic E-state index is 0.0542. The highest BCUT2D eigenvalue weighted by molar-refractivity contribution is 9.10. The van der Waals surface area contributed by atoms with Gasteiger partial charge in [-0.15, -0.1) is 0 Å². The number of carboxylic acids is 1. The smallest absolute Gasteiger partial charge is 0.326 e. The summed E-state index contributed by atoms with van der Waals surface area (Å²) in [6.07, 6.45) is 2.25. The molecule has 1 heterocycles. The summed E-state index contributed by atoms with van der Waals surface area (Å²) in [6, 6.07) is 6.44. The second-order valence-corrected chi connectivity index (χ2v) is 5.54. The van der Waals surface area contributed by atoms with Crippen LogP contribution >= 0.6 is 15.9 Å². The van der Waals surface area contributed by atoms with E-state index in [-0.39, 0.29) is 13.0 Å². The van der Waals surface area contributed by atoms with Crippen LogP contribution in [0.15, 0.2) is 34.8 Å². The minimum Gasteiger partial charge on any atom is -0.480 e. The van der Waals surface area contributed by atoms with E-state index in [4.69, 9.17) is 5.11 Å². The molecule has 0 bridgehead atoms. The van der Waals surface area contributed by atoms with E-state index in [1.807, 2.05) is 24.3 Å². The van der Waals surface area contributed by atoms with Crippen LogP contribution in [0.2, 0.25) is 0 Å². The van der Waals surface area contributed by atoms with Gasteiger partial charge >= 0.3 is 5.97 Å². The highest BCUT2D eigenvalue weighted by atomic mass is 79.9. The Labute approximate surface area is 124 Å². The number of benzene rings is 1. The fourth-order valence-corrected chi connectivity index (χ4v) is 2.58. The van der Waals surface area contributed by atoms with Crippen LogP contribution in [0.25, 0.3) is 6.08 Å².